The van der Waals surface area contributed by atoms with Crippen LogP contribution in [0.2, 0.25) is 0 Å². The maximum Gasteiger partial charge on any atom is 0.0547 e. The summed E-state index contributed by atoms with van der Waals surface area (Å²) in [6.45, 7) is 0. The summed E-state index contributed by atoms with van der Waals surface area (Å²) in [5.74, 6) is 0. The van der Waals surface area contributed by atoms with Gasteiger partial charge in [0.1, 0.15) is 0 Å². The summed E-state index contributed by atoms with van der Waals surface area (Å²) in [6, 6.07) is 60.2. The van der Waals surface area contributed by atoms with Gasteiger partial charge < -0.3 is 4.57 Å². The molecule has 9 aromatic carbocycles. The van der Waals surface area contributed by atoms with Gasteiger partial charge >= 0.3 is 0 Å². The molecule has 0 saturated carbocycles. The lowest BCUT2D eigenvalue weighted by molar-refractivity contribution is 1.18. The Hall–Kier alpha value is -5.92. The smallest absolute Gasteiger partial charge is 0.0547 e. The second-order valence-electron chi connectivity index (χ2n) is 12.1. The van der Waals surface area contributed by atoms with E-state index in [9.17, 15) is 0 Å². The molecule has 0 aliphatic heterocycles. The summed E-state index contributed by atoms with van der Waals surface area (Å²) < 4.78 is 2.42. The zero-order valence-corrected chi connectivity index (χ0v) is 24.5. The Bertz CT molecular complexity index is 2800. The van der Waals surface area contributed by atoms with Crippen LogP contribution >= 0.6 is 0 Å². The first-order chi connectivity index (χ1) is 22.3. The lowest BCUT2D eigenvalue weighted by Crippen LogP contribution is -1.94. The predicted octanol–water partition coefficient (Wildman–Crippen LogP) is 12.2. The van der Waals surface area contributed by atoms with Crippen LogP contribution in [0, 0.1) is 0 Å². The fourth-order valence-corrected chi connectivity index (χ4v) is 7.82. The Balaban J connectivity index is 1.28. The lowest BCUT2D eigenvalue weighted by atomic mass is 9.86. The number of nitrogens with zero attached hydrogens (tertiary/aromatic N) is 1. The minimum absolute atomic E-state index is 1.17. The van der Waals surface area contributed by atoms with Gasteiger partial charge in [-0.2, -0.15) is 0 Å². The van der Waals surface area contributed by atoms with Crippen molar-refractivity contribution in [1.29, 1.82) is 0 Å². The largest absolute Gasteiger partial charge is 0.309 e. The van der Waals surface area contributed by atoms with Gasteiger partial charge in [0.2, 0.25) is 0 Å². The maximum absolute atomic E-state index is 2.42. The van der Waals surface area contributed by atoms with Crippen LogP contribution < -0.4 is 0 Å². The molecule has 45 heavy (non-hydrogen) atoms. The molecule has 0 N–H and O–H groups in total. The molecule has 0 saturated heterocycles. The SMILES string of the molecule is c1ccc2c(-c3ccc(-n4c5ccccc5c5c6ccccc6ccc54)cc3)c3c4ccccc4c4ccccc4c3cc2c1. The number of para-hydroxylation sites is 1. The van der Waals surface area contributed by atoms with E-state index in [1.165, 1.54) is 92.5 Å². The number of benzene rings is 9. The van der Waals surface area contributed by atoms with Gasteiger partial charge in [0, 0.05) is 16.5 Å². The molecule has 0 bridgehead atoms. The third-order valence-corrected chi connectivity index (χ3v) is 9.73. The van der Waals surface area contributed by atoms with Crippen molar-refractivity contribution in [3.05, 3.63) is 164 Å². The molecule has 1 heterocycles. The Morgan fingerprint density at radius 2 is 0.867 bits per heavy atom. The van der Waals surface area contributed by atoms with E-state index < -0.39 is 0 Å². The predicted molar refractivity (Wildman–Crippen MR) is 194 cm³/mol. The summed E-state index contributed by atoms with van der Waals surface area (Å²) >= 11 is 0. The van der Waals surface area contributed by atoms with Gasteiger partial charge in [0.05, 0.1) is 11.0 Å². The first-order valence-corrected chi connectivity index (χ1v) is 15.6. The van der Waals surface area contributed by atoms with Crippen molar-refractivity contribution in [1.82, 2.24) is 4.57 Å². The quantitative estimate of drug-likeness (QED) is 0.144. The van der Waals surface area contributed by atoms with Crippen molar-refractivity contribution < 1.29 is 0 Å². The van der Waals surface area contributed by atoms with Gasteiger partial charge in [0.25, 0.3) is 0 Å². The highest BCUT2D eigenvalue weighted by atomic mass is 15.0. The zero-order valence-electron chi connectivity index (χ0n) is 24.5. The van der Waals surface area contributed by atoms with E-state index in [0.717, 1.165) is 0 Å². The van der Waals surface area contributed by atoms with E-state index in [4.69, 9.17) is 0 Å². The van der Waals surface area contributed by atoms with Crippen LogP contribution in [0.3, 0.4) is 0 Å². The van der Waals surface area contributed by atoms with Crippen LogP contribution in [0.4, 0.5) is 0 Å². The van der Waals surface area contributed by atoms with E-state index in [2.05, 4.69) is 168 Å². The third-order valence-electron chi connectivity index (χ3n) is 9.73. The van der Waals surface area contributed by atoms with Gasteiger partial charge in [-0.1, -0.05) is 133 Å². The van der Waals surface area contributed by atoms with Crippen molar-refractivity contribution in [3.8, 4) is 16.8 Å². The number of hydrogen-bond donors (Lipinski definition) is 0. The van der Waals surface area contributed by atoms with Crippen LogP contribution in [0.1, 0.15) is 0 Å². The van der Waals surface area contributed by atoms with Crippen molar-refractivity contribution in [2.24, 2.45) is 0 Å². The number of rotatable bonds is 2. The van der Waals surface area contributed by atoms with E-state index >= 15 is 0 Å². The standard InChI is InChI=1S/C44H27N/c1-3-13-32-28(11-1)23-26-41-43(32)38-19-9-10-20-40(38)45(41)31-24-21-29(22-25-31)42-33-14-4-2-12-30(33)27-39-36-17-6-5-15-34(36)35-16-7-8-18-37(35)44(39)42/h1-27H. The highest BCUT2D eigenvalue weighted by molar-refractivity contribution is 6.32. The second-order valence-corrected chi connectivity index (χ2v) is 12.1. The molecule has 1 aromatic heterocycles. The molecule has 0 fully saturated rings. The van der Waals surface area contributed by atoms with Gasteiger partial charge in [0.15, 0.2) is 0 Å². The van der Waals surface area contributed by atoms with Crippen molar-refractivity contribution in [2.45, 2.75) is 0 Å². The molecule has 10 rings (SSSR count). The molecule has 0 spiro atoms. The molecule has 208 valence electrons. The van der Waals surface area contributed by atoms with Crippen molar-refractivity contribution in [3.63, 3.8) is 0 Å². The zero-order chi connectivity index (χ0) is 29.5. The summed E-state index contributed by atoms with van der Waals surface area (Å²) in [5.41, 5.74) is 6.15. The van der Waals surface area contributed by atoms with Crippen LogP contribution in [0.25, 0.3) is 92.5 Å². The summed E-state index contributed by atoms with van der Waals surface area (Å²) in [6.07, 6.45) is 0. The molecule has 0 aliphatic carbocycles. The average molecular weight is 570 g/mol. The molecule has 10 aromatic rings. The first-order valence-electron chi connectivity index (χ1n) is 15.6. The number of fused-ring (bicyclic) bond motifs is 12. The molecule has 0 atom stereocenters. The van der Waals surface area contributed by atoms with Crippen LogP contribution in [-0.2, 0) is 0 Å². The number of aromatic nitrogens is 1. The summed E-state index contributed by atoms with van der Waals surface area (Å²) in [5, 5.41) is 15.5. The Labute approximate surface area is 260 Å². The van der Waals surface area contributed by atoms with Crippen molar-refractivity contribution >= 4 is 75.7 Å². The molecule has 1 nitrogen and oxygen atoms in total. The fourth-order valence-electron chi connectivity index (χ4n) is 7.82. The van der Waals surface area contributed by atoms with E-state index in [-0.39, 0.29) is 0 Å². The van der Waals surface area contributed by atoms with Crippen LogP contribution in [-0.4, -0.2) is 4.57 Å². The minimum atomic E-state index is 1.17. The minimum Gasteiger partial charge on any atom is -0.309 e. The van der Waals surface area contributed by atoms with E-state index in [1.54, 1.807) is 0 Å². The molecule has 0 amide bonds. The summed E-state index contributed by atoms with van der Waals surface area (Å²) in [7, 11) is 0. The second kappa shape index (κ2) is 9.29. The van der Waals surface area contributed by atoms with Gasteiger partial charge in [-0.25, -0.2) is 0 Å². The van der Waals surface area contributed by atoms with Crippen LogP contribution in [0.5, 0.6) is 0 Å². The molecule has 0 unspecified atom stereocenters. The maximum atomic E-state index is 2.42. The molecule has 0 aliphatic rings. The van der Waals surface area contributed by atoms with Gasteiger partial charge in [-0.15, -0.1) is 0 Å². The van der Waals surface area contributed by atoms with Crippen molar-refractivity contribution in [2.75, 3.05) is 0 Å². The topological polar surface area (TPSA) is 4.93 Å². The normalized spacial score (nSPS) is 12.0. The van der Waals surface area contributed by atoms with E-state index in [0.29, 0.717) is 0 Å². The Morgan fingerprint density at radius 1 is 0.311 bits per heavy atom. The number of hydrogen-bond acceptors (Lipinski definition) is 0. The highest BCUT2D eigenvalue weighted by Crippen LogP contribution is 2.44. The van der Waals surface area contributed by atoms with Gasteiger partial charge in [-0.05, 0) is 95.3 Å². The average Bonchev–Trinajstić information content (AvgIpc) is 3.46. The molecular formula is C44H27N. The molecular weight excluding hydrogens is 542 g/mol. The Kier molecular flexibility index (Phi) is 5.06. The third kappa shape index (κ3) is 3.44. The monoisotopic (exact) mass is 569 g/mol. The molecule has 1 heteroatoms. The van der Waals surface area contributed by atoms with Crippen LogP contribution in [0.15, 0.2) is 164 Å². The van der Waals surface area contributed by atoms with E-state index in [1.807, 2.05) is 0 Å². The highest BCUT2D eigenvalue weighted by Gasteiger charge is 2.18. The van der Waals surface area contributed by atoms with Gasteiger partial charge in [-0.3, -0.25) is 0 Å². The summed E-state index contributed by atoms with van der Waals surface area (Å²) in [4.78, 5) is 0. The fraction of sp³-hybridized carbons (Fsp3) is 0. The lowest BCUT2D eigenvalue weighted by Gasteiger charge is -2.18. The molecule has 0 radical (unpaired) electrons. The Morgan fingerprint density at radius 3 is 1.62 bits per heavy atom. The first kappa shape index (κ1) is 24.5.